The summed E-state index contributed by atoms with van der Waals surface area (Å²) in [4.78, 5) is 0. The van der Waals surface area contributed by atoms with Crippen LogP contribution in [0, 0.1) is 0 Å². The molecule has 13 heavy (non-hydrogen) atoms. The molecule has 0 N–H and O–H groups in total. The first kappa shape index (κ1) is 10.6. The van der Waals surface area contributed by atoms with Gasteiger partial charge in [0.05, 0.1) is 12.5 Å². The fourth-order valence-corrected chi connectivity index (χ4v) is 1.80. The third-order valence-corrected chi connectivity index (χ3v) is 2.39. The van der Waals surface area contributed by atoms with Crippen LogP contribution in [0.15, 0.2) is 34.7 Å². The minimum absolute atomic E-state index is 1.06. The second-order valence-corrected chi connectivity index (χ2v) is 3.95. The summed E-state index contributed by atoms with van der Waals surface area (Å²) in [5.74, 6) is 0. The number of furan rings is 1. The summed E-state index contributed by atoms with van der Waals surface area (Å²) in [6.45, 7) is 2.18. The van der Waals surface area contributed by atoms with Crippen molar-refractivity contribution in [1.82, 2.24) is 0 Å². The van der Waals surface area contributed by atoms with Crippen LogP contribution in [-0.2, 0) is 6.42 Å². The average molecular weight is 243 g/mol. The predicted molar refractivity (Wildman–Crippen MR) is 59.2 cm³/mol. The fraction of sp³-hybridized carbons (Fsp3) is 0.455. The van der Waals surface area contributed by atoms with E-state index < -0.39 is 0 Å². The zero-order chi connectivity index (χ0) is 9.52. The SMILES string of the molecule is C/C(=C\CCc1ccoc1)CCBr. The van der Waals surface area contributed by atoms with Gasteiger partial charge in [0.1, 0.15) is 0 Å². The predicted octanol–water partition coefficient (Wildman–Crippen LogP) is 3.94. The standard InChI is InChI=1S/C11H15BrO/c1-10(5-7-12)3-2-4-11-6-8-13-9-11/h3,6,8-9H,2,4-5,7H2,1H3/b10-3+. The lowest BCUT2D eigenvalue weighted by molar-refractivity contribution is 0.564. The van der Waals surface area contributed by atoms with E-state index in [2.05, 4.69) is 28.9 Å². The van der Waals surface area contributed by atoms with Crippen LogP contribution in [0.1, 0.15) is 25.3 Å². The van der Waals surface area contributed by atoms with Crippen LogP contribution in [0.5, 0.6) is 0 Å². The molecule has 0 aliphatic carbocycles. The topological polar surface area (TPSA) is 13.1 Å². The zero-order valence-electron chi connectivity index (χ0n) is 7.92. The number of allylic oxidation sites excluding steroid dienone is 2. The van der Waals surface area contributed by atoms with E-state index in [1.807, 2.05) is 12.3 Å². The summed E-state index contributed by atoms with van der Waals surface area (Å²) in [5, 5.41) is 1.06. The minimum Gasteiger partial charge on any atom is -0.472 e. The maximum atomic E-state index is 4.99. The van der Waals surface area contributed by atoms with Crippen molar-refractivity contribution >= 4 is 15.9 Å². The van der Waals surface area contributed by atoms with E-state index in [-0.39, 0.29) is 0 Å². The van der Waals surface area contributed by atoms with Crippen molar-refractivity contribution in [3.63, 3.8) is 0 Å². The molecule has 0 saturated heterocycles. The van der Waals surface area contributed by atoms with E-state index in [0.29, 0.717) is 0 Å². The van der Waals surface area contributed by atoms with Crippen LogP contribution in [0.4, 0.5) is 0 Å². The normalized spacial score (nSPS) is 12.0. The van der Waals surface area contributed by atoms with Crippen molar-refractivity contribution in [2.45, 2.75) is 26.2 Å². The highest BCUT2D eigenvalue weighted by atomic mass is 79.9. The Morgan fingerprint density at radius 2 is 2.46 bits per heavy atom. The zero-order valence-corrected chi connectivity index (χ0v) is 9.51. The number of halogens is 1. The van der Waals surface area contributed by atoms with E-state index in [4.69, 9.17) is 4.42 Å². The van der Waals surface area contributed by atoms with Gasteiger partial charge in [-0.1, -0.05) is 27.6 Å². The van der Waals surface area contributed by atoms with Crippen molar-refractivity contribution in [2.75, 3.05) is 5.33 Å². The van der Waals surface area contributed by atoms with Crippen LogP contribution in [-0.4, -0.2) is 5.33 Å². The van der Waals surface area contributed by atoms with Gasteiger partial charge in [0.15, 0.2) is 0 Å². The van der Waals surface area contributed by atoms with E-state index >= 15 is 0 Å². The number of rotatable bonds is 5. The second kappa shape index (κ2) is 6.03. The minimum atomic E-state index is 1.06. The first-order valence-corrected chi connectivity index (χ1v) is 5.67. The molecule has 1 rings (SSSR count). The maximum Gasteiger partial charge on any atom is 0.0934 e. The van der Waals surface area contributed by atoms with Crippen LogP contribution in [0.2, 0.25) is 0 Å². The Bertz CT molecular complexity index is 249. The number of hydrogen-bond donors (Lipinski definition) is 0. The quantitative estimate of drug-likeness (QED) is 0.563. The van der Waals surface area contributed by atoms with Gasteiger partial charge in [0.2, 0.25) is 0 Å². The molecule has 0 unspecified atom stereocenters. The Balaban J connectivity index is 2.24. The number of hydrogen-bond acceptors (Lipinski definition) is 1. The lowest BCUT2D eigenvalue weighted by atomic mass is 10.1. The van der Waals surface area contributed by atoms with Crippen LogP contribution in [0.3, 0.4) is 0 Å². The van der Waals surface area contributed by atoms with Gasteiger partial charge in [0.25, 0.3) is 0 Å². The van der Waals surface area contributed by atoms with Crippen LogP contribution < -0.4 is 0 Å². The summed E-state index contributed by atoms with van der Waals surface area (Å²) >= 11 is 3.42. The molecule has 72 valence electrons. The van der Waals surface area contributed by atoms with Crippen LogP contribution >= 0.6 is 15.9 Å². The molecule has 0 amide bonds. The summed E-state index contributed by atoms with van der Waals surface area (Å²) < 4.78 is 4.99. The first-order valence-electron chi connectivity index (χ1n) is 4.55. The molecule has 0 bridgehead atoms. The molecule has 2 heteroatoms. The highest BCUT2D eigenvalue weighted by Gasteiger charge is 1.92. The Labute approximate surface area is 88.0 Å². The van der Waals surface area contributed by atoms with Gasteiger partial charge in [-0.05, 0) is 37.8 Å². The van der Waals surface area contributed by atoms with Gasteiger partial charge in [-0.2, -0.15) is 0 Å². The molecular formula is C11H15BrO. The summed E-state index contributed by atoms with van der Waals surface area (Å²) in [5.41, 5.74) is 2.74. The molecule has 1 heterocycles. The van der Waals surface area contributed by atoms with E-state index in [0.717, 1.165) is 24.6 Å². The van der Waals surface area contributed by atoms with E-state index in [1.54, 1.807) is 6.26 Å². The largest absolute Gasteiger partial charge is 0.472 e. The maximum absolute atomic E-state index is 4.99. The first-order chi connectivity index (χ1) is 6.33. The third kappa shape index (κ3) is 4.32. The van der Waals surface area contributed by atoms with Crippen LogP contribution in [0.25, 0.3) is 0 Å². The summed E-state index contributed by atoms with van der Waals surface area (Å²) in [6.07, 6.45) is 9.17. The van der Waals surface area contributed by atoms with Gasteiger partial charge < -0.3 is 4.42 Å². The van der Waals surface area contributed by atoms with E-state index in [9.17, 15) is 0 Å². The molecular weight excluding hydrogens is 228 g/mol. The molecule has 0 aliphatic heterocycles. The molecule has 0 aromatic carbocycles. The third-order valence-electron chi connectivity index (χ3n) is 1.99. The summed E-state index contributed by atoms with van der Waals surface area (Å²) in [6, 6.07) is 2.02. The molecule has 1 aromatic rings. The molecule has 1 aromatic heterocycles. The van der Waals surface area contributed by atoms with Crippen molar-refractivity contribution < 1.29 is 4.42 Å². The van der Waals surface area contributed by atoms with Gasteiger partial charge in [-0.25, -0.2) is 0 Å². The molecule has 0 fully saturated rings. The van der Waals surface area contributed by atoms with E-state index in [1.165, 1.54) is 11.1 Å². The monoisotopic (exact) mass is 242 g/mol. The highest BCUT2D eigenvalue weighted by Crippen LogP contribution is 2.08. The lowest BCUT2D eigenvalue weighted by Crippen LogP contribution is -1.82. The van der Waals surface area contributed by atoms with Gasteiger partial charge in [-0.15, -0.1) is 0 Å². The fourth-order valence-electron chi connectivity index (χ4n) is 1.17. The van der Waals surface area contributed by atoms with Gasteiger partial charge in [0, 0.05) is 5.33 Å². The average Bonchev–Trinajstić information content (AvgIpc) is 2.57. The van der Waals surface area contributed by atoms with Gasteiger partial charge in [-0.3, -0.25) is 0 Å². The van der Waals surface area contributed by atoms with Crippen molar-refractivity contribution in [3.8, 4) is 0 Å². The Kier molecular flexibility index (Phi) is 4.91. The van der Waals surface area contributed by atoms with Crippen molar-refractivity contribution in [2.24, 2.45) is 0 Å². The molecule has 0 saturated carbocycles. The highest BCUT2D eigenvalue weighted by molar-refractivity contribution is 9.09. The van der Waals surface area contributed by atoms with Gasteiger partial charge >= 0.3 is 0 Å². The second-order valence-electron chi connectivity index (χ2n) is 3.16. The lowest BCUT2D eigenvalue weighted by Gasteiger charge is -1.96. The Morgan fingerprint density at radius 3 is 3.08 bits per heavy atom. The number of aryl methyl sites for hydroxylation is 1. The Morgan fingerprint density at radius 1 is 1.62 bits per heavy atom. The van der Waals surface area contributed by atoms with Crippen molar-refractivity contribution in [3.05, 3.63) is 35.8 Å². The smallest absolute Gasteiger partial charge is 0.0934 e. The molecule has 0 atom stereocenters. The van der Waals surface area contributed by atoms with Crippen molar-refractivity contribution in [1.29, 1.82) is 0 Å². The molecule has 0 aliphatic rings. The molecule has 0 radical (unpaired) electrons. The Hall–Kier alpha value is -0.500. The molecule has 1 nitrogen and oxygen atoms in total. The number of alkyl halides is 1. The summed E-state index contributed by atoms with van der Waals surface area (Å²) in [7, 11) is 0. The molecule has 0 spiro atoms.